The van der Waals surface area contributed by atoms with E-state index >= 15 is 0 Å². The largest absolute Gasteiger partial charge is 0.484 e. The van der Waals surface area contributed by atoms with Gasteiger partial charge >= 0.3 is 0 Å². The van der Waals surface area contributed by atoms with E-state index in [0.717, 1.165) is 12.3 Å². The lowest BCUT2D eigenvalue weighted by atomic mass is 10.1. The van der Waals surface area contributed by atoms with Gasteiger partial charge in [-0.3, -0.25) is 4.99 Å². The van der Waals surface area contributed by atoms with Gasteiger partial charge in [-0.05, 0) is 12.0 Å². The summed E-state index contributed by atoms with van der Waals surface area (Å²) in [5.41, 5.74) is 1.39. The molecule has 2 nitrogen and oxygen atoms in total. The second-order valence-electron chi connectivity index (χ2n) is 3.67. The Kier molecular flexibility index (Phi) is 2.53. The van der Waals surface area contributed by atoms with Crippen molar-refractivity contribution in [3.8, 4) is 0 Å². The van der Waals surface area contributed by atoms with Crippen molar-refractivity contribution >= 4 is 5.90 Å². The number of nitrogens with zero attached hydrogens (tertiary/aromatic N) is 1. The predicted molar refractivity (Wildman–Crippen MR) is 57.7 cm³/mol. The van der Waals surface area contributed by atoms with Crippen LogP contribution in [0.25, 0.3) is 0 Å². The molecule has 1 aromatic carbocycles. The highest BCUT2D eigenvalue weighted by Gasteiger charge is 2.38. The molecule has 0 heterocycles. The second kappa shape index (κ2) is 3.82. The highest BCUT2D eigenvalue weighted by atomic mass is 16.5. The second-order valence-corrected chi connectivity index (χ2v) is 3.67. The van der Waals surface area contributed by atoms with Gasteiger partial charge in [-0.25, -0.2) is 0 Å². The van der Waals surface area contributed by atoms with Crippen molar-refractivity contribution in [2.75, 3.05) is 7.11 Å². The van der Waals surface area contributed by atoms with E-state index in [-0.39, 0.29) is 0 Å². The number of aliphatic imine (C=N–C) groups is 1. The van der Waals surface area contributed by atoms with Gasteiger partial charge in [-0.2, -0.15) is 0 Å². The molecule has 0 aromatic heterocycles. The lowest BCUT2D eigenvalue weighted by Crippen LogP contribution is -1.96. The number of hydrogen-bond donors (Lipinski definition) is 0. The summed E-state index contributed by atoms with van der Waals surface area (Å²) in [4.78, 5) is 4.46. The minimum absolute atomic E-state index is 0.442. The maximum absolute atomic E-state index is 5.04. The molecule has 2 atom stereocenters. The summed E-state index contributed by atoms with van der Waals surface area (Å²) in [5, 5.41) is 0. The molecule has 1 aliphatic carbocycles. The summed E-state index contributed by atoms with van der Waals surface area (Å²) in [6, 6.07) is 11.0. The minimum atomic E-state index is 0.442. The average Bonchev–Trinajstić information content (AvgIpc) is 2.98. The Labute approximate surface area is 84.6 Å². The van der Waals surface area contributed by atoms with Gasteiger partial charge in [0.2, 0.25) is 0 Å². The van der Waals surface area contributed by atoms with E-state index in [1.165, 1.54) is 5.56 Å². The molecule has 0 aliphatic heterocycles. The van der Waals surface area contributed by atoms with Crippen LogP contribution in [0.2, 0.25) is 0 Å². The Bertz CT molecular complexity index is 331. The number of methoxy groups -OCH3 is 1. The Hall–Kier alpha value is -1.31. The van der Waals surface area contributed by atoms with Crippen LogP contribution >= 0.6 is 0 Å². The Morgan fingerprint density at radius 2 is 2.07 bits per heavy atom. The van der Waals surface area contributed by atoms with Crippen LogP contribution in [0.15, 0.2) is 35.3 Å². The van der Waals surface area contributed by atoms with Crippen LogP contribution in [0.5, 0.6) is 0 Å². The molecule has 0 N–H and O–H groups in total. The summed E-state index contributed by atoms with van der Waals surface area (Å²) in [7, 11) is 1.67. The summed E-state index contributed by atoms with van der Waals surface area (Å²) >= 11 is 0. The molecule has 2 rings (SSSR count). The summed E-state index contributed by atoms with van der Waals surface area (Å²) in [6.45, 7) is 1.90. The average molecular weight is 189 g/mol. The summed E-state index contributed by atoms with van der Waals surface area (Å²) in [5.74, 6) is 1.40. The molecule has 0 radical (unpaired) electrons. The third kappa shape index (κ3) is 1.95. The third-order valence-corrected chi connectivity index (χ3v) is 2.63. The van der Waals surface area contributed by atoms with Gasteiger partial charge in [-0.1, -0.05) is 30.3 Å². The zero-order valence-electron chi connectivity index (χ0n) is 8.60. The van der Waals surface area contributed by atoms with Crippen molar-refractivity contribution in [2.45, 2.75) is 25.3 Å². The maximum Gasteiger partial charge on any atom is 0.179 e. The minimum Gasteiger partial charge on any atom is -0.484 e. The Morgan fingerprint density at radius 1 is 1.36 bits per heavy atom. The zero-order valence-corrected chi connectivity index (χ0v) is 8.60. The molecule has 1 fully saturated rings. The van der Waals surface area contributed by atoms with Crippen molar-refractivity contribution in [3.63, 3.8) is 0 Å². The fourth-order valence-electron chi connectivity index (χ4n) is 1.67. The van der Waals surface area contributed by atoms with Crippen LogP contribution in [0.4, 0.5) is 0 Å². The molecule has 0 saturated heterocycles. The van der Waals surface area contributed by atoms with Gasteiger partial charge in [0, 0.05) is 12.8 Å². The van der Waals surface area contributed by atoms with Gasteiger partial charge in [0.05, 0.1) is 13.2 Å². The van der Waals surface area contributed by atoms with Crippen LogP contribution in [-0.2, 0) is 4.74 Å². The van der Waals surface area contributed by atoms with Gasteiger partial charge in [0.1, 0.15) is 0 Å². The molecule has 74 valence electrons. The van der Waals surface area contributed by atoms with Gasteiger partial charge < -0.3 is 4.74 Å². The Balaban J connectivity index is 2.00. The van der Waals surface area contributed by atoms with Crippen molar-refractivity contribution in [1.82, 2.24) is 0 Å². The molecule has 14 heavy (non-hydrogen) atoms. The molecule has 0 amide bonds. The predicted octanol–water partition coefficient (Wildman–Crippen LogP) is 2.61. The smallest absolute Gasteiger partial charge is 0.179 e. The number of rotatable bonds is 2. The van der Waals surface area contributed by atoms with E-state index in [1.807, 2.05) is 13.0 Å². The van der Waals surface area contributed by atoms with Crippen molar-refractivity contribution < 1.29 is 4.74 Å². The zero-order chi connectivity index (χ0) is 9.97. The molecular formula is C12H15NO. The van der Waals surface area contributed by atoms with Crippen molar-refractivity contribution in [3.05, 3.63) is 35.9 Å². The van der Waals surface area contributed by atoms with Crippen LogP contribution in [0, 0.1) is 0 Å². The van der Waals surface area contributed by atoms with Gasteiger partial charge in [0.25, 0.3) is 0 Å². The van der Waals surface area contributed by atoms with E-state index < -0.39 is 0 Å². The number of benzene rings is 1. The quantitative estimate of drug-likeness (QED) is 0.517. The van der Waals surface area contributed by atoms with E-state index in [9.17, 15) is 0 Å². The van der Waals surface area contributed by atoms with Gasteiger partial charge in [-0.15, -0.1) is 0 Å². The Morgan fingerprint density at radius 3 is 2.71 bits per heavy atom. The third-order valence-electron chi connectivity index (χ3n) is 2.63. The number of hydrogen-bond acceptors (Lipinski definition) is 2. The summed E-state index contributed by atoms with van der Waals surface area (Å²) in [6.07, 6.45) is 1.16. The first kappa shape index (κ1) is 9.25. The van der Waals surface area contributed by atoms with E-state index in [2.05, 4.69) is 29.3 Å². The topological polar surface area (TPSA) is 21.6 Å². The number of ether oxygens (including phenoxy) is 1. The maximum atomic E-state index is 5.04. The van der Waals surface area contributed by atoms with E-state index in [4.69, 9.17) is 4.74 Å². The molecule has 1 saturated carbocycles. The highest BCUT2D eigenvalue weighted by molar-refractivity contribution is 5.73. The van der Waals surface area contributed by atoms with Crippen LogP contribution in [-0.4, -0.2) is 19.0 Å². The molecule has 0 unspecified atom stereocenters. The first-order valence-electron chi connectivity index (χ1n) is 4.94. The molecular weight excluding hydrogens is 174 g/mol. The molecule has 0 bridgehead atoms. The lowest BCUT2D eigenvalue weighted by molar-refractivity contribution is 0.397. The summed E-state index contributed by atoms with van der Waals surface area (Å²) < 4.78 is 5.04. The van der Waals surface area contributed by atoms with Crippen LogP contribution in [0.1, 0.15) is 24.8 Å². The first-order valence-corrected chi connectivity index (χ1v) is 4.94. The standard InChI is InChI=1S/C12H15NO/c1-9(14-2)13-12-8-11(12)10-6-4-3-5-7-10/h3-7,11-12H,8H2,1-2H3/t11-,12+/m0/s1. The van der Waals surface area contributed by atoms with E-state index in [0.29, 0.717) is 12.0 Å². The first-order chi connectivity index (χ1) is 6.81. The van der Waals surface area contributed by atoms with Gasteiger partial charge in [0.15, 0.2) is 5.90 Å². The fraction of sp³-hybridized carbons (Fsp3) is 0.417. The van der Waals surface area contributed by atoms with Crippen molar-refractivity contribution in [2.24, 2.45) is 4.99 Å². The fourth-order valence-corrected chi connectivity index (χ4v) is 1.67. The highest BCUT2D eigenvalue weighted by Crippen LogP contribution is 2.43. The molecule has 1 aliphatic rings. The lowest BCUT2D eigenvalue weighted by Gasteiger charge is -1.98. The molecule has 1 aromatic rings. The molecule has 0 spiro atoms. The van der Waals surface area contributed by atoms with Crippen molar-refractivity contribution in [1.29, 1.82) is 0 Å². The van der Waals surface area contributed by atoms with E-state index in [1.54, 1.807) is 7.11 Å². The normalized spacial score (nSPS) is 26.0. The molecule has 2 heteroatoms. The van der Waals surface area contributed by atoms with Crippen LogP contribution in [0.3, 0.4) is 0 Å². The SMILES string of the molecule is COC(C)=N[C@@H]1C[C@H]1c1ccccc1. The monoisotopic (exact) mass is 189 g/mol. The van der Waals surface area contributed by atoms with Crippen LogP contribution < -0.4 is 0 Å².